The highest BCUT2D eigenvalue weighted by Crippen LogP contribution is 2.36. The van der Waals surface area contributed by atoms with E-state index in [1.54, 1.807) is 0 Å². The van der Waals surface area contributed by atoms with Crippen LogP contribution in [0.4, 0.5) is 18.4 Å². The minimum Gasteiger partial charge on any atom is -0.446 e. The number of nitrogens with zero attached hydrogens (tertiary/aromatic N) is 3. The number of imide groups is 1. The van der Waals surface area contributed by atoms with Gasteiger partial charge in [-0.1, -0.05) is 18.2 Å². The fraction of sp³-hybridized carbons (Fsp3) is 0.444. The van der Waals surface area contributed by atoms with Gasteiger partial charge in [-0.25, -0.2) is 23.3 Å². The Morgan fingerprint density at radius 3 is 2.42 bits per heavy atom. The zero-order valence-corrected chi connectivity index (χ0v) is 19.8. The maximum atomic E-state index is 13.7. The van der Waals surface area contributed by atoms with Crippen LogP contribution in [0.1, 0.15) is 60.8 Å². The van der Waals surface area contributed by atoms with Gasteiger partial charge < -0.3 is 10.1 Å². The lowest BCUT2D eigenvalue weighted by Crippen LogP contribution is -2.47. The molecule has 188 valence electrons. The van der Waals surface area contributed by atoms with Crippen molar-refractivity contribution in [3.8, 4) is 6.07 Å². The lowest BCUT2D eigenvalue weighted by Gasteiger charge is -2.35. The highest BCUT2D eigenvalue weighted by Gasteiger charge is 2.41. The highest BCUT2D eigenvalue weighted by molar-refractivity contribution is 5.92. The van der Waals surface area contributed by atoms with E-state index in [-0.39, 0.29) is 12.6 Å². The summed E-state index contributed by atoms with van der Waals surface area (Å²) in [6.07, 6.45) is 4.29. The second-order valence-electron chi connectivity index (χ2n) is 9.81. The van der Waals surface area contributed by atoms with Crippen LogP contribution < -0.4 is 5.32 Å². The smallest absolute Gasteiger partial charge is 0.418 e. The van der Waals surface area contributed by atoms with Crippen molar-refractivity contribution in [2.24, 2.45) is 0 Å². The molecule has 3 aliphatic rings. The Hall–Kier alpha value is -3.51. The van der Waals surface area contributed by atoms with Crippen LogP contribution >= 0.6 is 0 Å². The van der Waals surface area contributed by atoms with Crippen molar-refractivity contribution in [2.45, 2.75) is 56.1 Å². The number of hydrogen-bond donors (Lipinski definition) is 1. The molecule has 9 heteroatoms. The number of rotatable bonds is 4. The molecule has 7 nitrogen and oxygen atoms in total. The van der Waals surface area contributed by atoms with Gasteiger partial charge in [-0.05, 0) is 73.4 Å². The van der Waals surface area contributed by atoms with Gasteiger partial charge in [-0.15, -0.1) is 0 Å². The molecule has 5 rings (SSSR count). The maximum absolute atomic E-state index is 13.7. The summed E-state index contributed by atoms with van der Waals surface area (Å²) in [4.78, 5) is 28.6. The summed E-state index contributed by atoms with van der Waals surface area (Å²) in [7, 11) is 0. The molecule has 0 aromatic heterocycles. The van der Waals surface area contributed by atoms with Gasteiger partial charge in [0, 0.05) is 25.2 Å². The van der Waals surface area contributed by atoms with Crippen molar-refractivity contribution in [3.05, 3.63) is 70.8 Å². The normalized spacial score (nSPS) is 26.5. The Morgan fingerprint density at radius 1 is 1.00 bits per heavy atom. The van der Waals surface area contributed by atoms with Crippen LogP contribution in [0.5, 0.6) is 0 Å². The van der Waals surface area contributed by atoms with E-state index >= 15 is 0 Å². The van der Waals surface area contributed by atoms with Gasteiger partial charge in [-0.2, -0.15) is 5.26 Å². The Labute approximate surface area is 208 Å². The second-order valence-corrected chi connectivity index (χ2v) is 9.81. The summed E-state index contributed by atoms with van der Waals surface area (Å²) in [5.41, 5.74) is 2.27. The van der Waals surface area contributed by atoms with E-state index in [1.165, 1.54) is 11.6 Å². The summed E-state index contributed by atoms with van der Waals surface area (Å²) >= 11 is 0. The second kappa shape index (κ2) is 10.2. The lowest BCUT2D eigenvalue weighted by molar-refractivity contribution is 0.155. The van der Waals surface area contributed by atoms with Crippen molar-refractivity contribution in [2.75, 3.05) is 19.7 Å². The van der Waals surface area contributed by atoms with Crippen molar-refractivity contribution in [1.29, 1.82) is 5.26 Å². The molecule has 2 unspecified atom stereocenters. The van der Waals surface area contributed by atoms with Gasteiger partial charge >= 0.3 is 12.1 Å². The number of nitrogens with one attached hydrogen (secondary N) is 1. The van der Waals surface area contributed by atoms with Crippen LogP contribution in [0.2, 0.25) is 0 Å². The molecule has 3 amide bonds. The number of hydrogen-bond acceptors (Lipinski definition) is 5. The predicted molar refractivity (Wildman–Crippen MR) is 127 cm³/mol. The number of halogens is 2. The highest BCUT2D eigenvalue weighted by atomic mass is 19.2. The molecule has 2 aromatic rings. The predicted octanol–water partition coefficient (Wildman–Crippen LogP) is 4.84. The molecule has 0 spiro atoms. The number of benzene rings is 2. The molecule has 2 atom stereocenters. The molecule has 36 heavy (non-hydrogen) atoms. The SMILES string of the molecule is N#Cc1ccc(C2CCC(N3CCC(NC(=O)N4C(=O)OCC4c4ccc(F)c(F)c4)C3)CC2)cc1. The third-order valence-electron chi connectivity index (χ3n) is 7.69. The molecule has 2 heterocycles. The standard InChI is InChI=1S/C27H28F2N4O3/c28-23-10-7-20(13-24(23)29)25-16-36-27(35)33(25)26(34)31-21-11-12-32(15-21)22-8-5-19(6-9-22)18-3-1-17(14-30)2-4-18/h1-4,7,10,13,19,21-22,25H,5-6,8-9,11-12,15-16H2,(H,31,34). The van der Waals surface area contributed by atoms with Crippen LogP contribution in [0.3, 0.4) is 0 Å². The van der Waals surface area contributed by atoms with E-state index in [0.29, 0.717) is 29.6 Å². The van der Waals surface area contributed by atoms with E-state index in [4.69, 9.17) is 10.00 Å². The fourth-order valence-electron chi connectivity index (χ4n) is 5.70. The molecular weight excluding hydrogens is 466 g/mol. The van der Waals surface area contributed by atoms with Crippen molar-refractivity contribution >= 4 is 12.1 Å². The van der Waals surface area contributed by atoms with Gasteiger partial charge in [0.05, 0.1) is 11.6 Å². The first-order chi connectivity index (χ1) is 17.4. The van der Waals surface area contributed by atoms with Crippen LogP contribution in [-0.4, -0.2) is 53.7 Å². The molecule has 2 aliphatic heterocycles. The van der Waals surface area contributed by atoms with Gasteiger partial charge in [-0.3, -0.25) is 4.90 Å². The Balaban J connectivity index is 1.14. The van der Waals surface area contributed by atoms with E-state index in [9.17, 15) is 18.4 Å². The molecular formula is C27H28F2N4O3. The number of likely N-dealkylation sites (tertiary alicyclic amines) is 1. The van der Waals surface area contributed by atoms with Gasteiger partial charge in [0.25, 0.3) is 0 Å². The molecule has 2 aromatic carbocycles. The number of urea groups is 1. The maximum Gasteiger partial charge on any atom is 0.418 e. The zero-order valence-electron chi connectivity index (χ0n) is 19.8. The van der Waals surface area contributed by atoms with Gasteiger partial charge in [0.2, 0.25) is 0 Å². The topological polar surface area (TPSA) is 85.7 Å². The summed E-state index contributed by atoms with van der Waals surface area (Å²) in [5.74, 6) is -1.52. The third kappa shape index (κ3) is 4.91. The Bertz CT molecular complexity index is 1170. The minimum atomic E-state index is -1.03. The first kappa shape index (κ1) is 24.2. The zero-order chi connectivity index (χ0) is 25.2. The fourth-order valence-corrected chi connectivity index (χ4v) is 5.70. The summed E-state index contributed by atoms with van der Waals surface area (Å²) in [5, 5.41) is 11.9. The van der Waals surface area contributed by atoms with Crippen LogP contribution in [0, 0.1) is 23.0 Å². The average molecular weight is 495 g/mol. The van der Waals surface area contributed by atoms with Crippen molar-refractivity contribution < 1.29 is 23.1 Å². The van der Waals surface area contributed by atoms with Crippen LogP contribution in [0.25, 0.3) is 0 Å². The quantitative estimate of drug-likeness (QED) is 0.658. The number of amides is 3. The number of cyclic esters (lactones) is 1. The molecule has 2 saturated heterocycles. The van der Waals surface area contributed by atoms with E-state index < -0.39 is 29.8 Å². The van der Waals surface area contributed by atoms with Crippen molar-refractivity contribution in [1.82, 2.24) is 15.1 Å². The first-order valence-corrected chi connectivity index (χ1v) is 12.4. The Morgan fingerprint density at radius 2 is 1.72 bits per heavy atom. The van der Waals surface area contributed by atoms with Gasteiger partial charge in [0.1, 0.15) is 12.6 Å². The third-order valence-corrected chi connectivity index (χ3v) is 7.69. The molecule has 1 saturated carbocycles. The minimum absolute atomic E-state index is 0.101. The van der Waals surface area contributed by atoms with E-state index in [0.717, 1.165) is 55.7 Å². The molecule has 0 radical (unpaired) electrons. The van der Waals surface area contributed by atoms with Crippen LogP contribution in [0.15, 0.2) is 42.5 Å². The summed E-state index contributed by atoms with van der Waals surface area (Å²) < 4.78 is 32.1. The summed E-state index contributed by atoms with van der Waals surface area (Å²) in [6, 6.07) is 12.3. The number of nitriles is 1. The number of carbonyl (C=O) groups is 2. The largest absolute Gasteiger partial charge is 0.446 e. The van der Waals surface area contributed by atoms with Crippen molar-refractivity contribution in [3.63, 3.8) is 0 Å². The lowest BCUT2D eigenvalue weighted by atomic mass is 9.81. The van der Waals surface area contributed by atoms with E-state index in [1.807, 2.05) is 12.1 Å². The average Bonchev–Trinajstić information content (AvgIpc) is 3.52. The molecule has 0 bridgehead atoms. The number of carbonyl (C=O) groups excluding carboxylic acids is 2. The van der Waals surface area contributed by atoms with Crippen LogP contribution in [-0.2, 0) is 4.74 Å². The van der Waals surface area contributed by atoms with E-state index in [2.05, 4.69) is 28.4 Å². The Kier molecular flexibility index (Phi) is 6.88. The molecule has 3 fully saturated rings. The molecule has 1 N–H and O–H groups in total. The van der Waals surface area contributed by atoms with Gasteiger partial charge in [0.15, 0.2) is 11.6 Å². The molecule has 1 aliphatic carbocycles. The monoisotopic (exact) mass is 494 g/mol. The summed E-state index contributed by atoms with van der Waals surface area (Å²) in [6.45, 7) is 1.47. The first-order valence-electron chi connectivity index (χ1n) is 12.4. The number of ether oxygens (including phenoxy) is 1.